The first kappa shape index (κ1) is 19.8. The molecule has 0 aliphatic rings. The van der Waals surface area contributed by atoms with E-state index in [1.807, 2.05) is 30.3 Å². The quantitative estimate of drug-likeness (QED) is 0.774. The highest BCUT2D eigenvalue weighted by Gasteiger charge is 2.16. The average molecular weight is 375 g/mol. The Labute approximate surface area is 158 Å². The molecule has 0 aliphatic heterocycles. The van der Waals surface area contributed by atoms with Crippen molar-refractivity contribution in [3.63, 3.8) is 0 Å². The van der Waals surface area contributed by atoms with Gasteiger partial charge in [0.2, 0.25) is 0 Å². The third kappa shape index (κ3) is 6.76. The zero-order valence-electron chi connectivity index (χ0n) is 14.9. The maximum atomic E-state index is 12.3. The monoisotopic (exact) mass is 374 g/mol. The molecular weight excluding hydrogens is 352 g/mol. The van der Waals surface area contributed by atoms with Gasteiger partial charge >= 0.3 is 6.09 Å². The Morgan fingerprint density at radius 3 is 2.31 bits per heavy atom. The van der Waals surface area contributed by atoms with Gasteiger partial charge in [0.15, 0.2) is 0 Å². The summed E-state index contributed by atoms with van der Waals surface area (Å²) in [5, 5.41) is 6.23. The van der Waals surface area contributed by atoms with Crippen LogP contribution < -0.4 is 10.6 Å². The number of carbonyl (C=O) groups excluding carboxylic acids is 2. The van der Waals surface area contributed by atoms with Crippen LogP contribution in [0, 0.1) is 0 Å². The number of ether oxygens (including phenoxy) is 1. The minimum absolute atomic E-state index is 0.212. The molecule has 138 valence electrons. The summed E-state index contributed by atoms with van der Waals surface area (Å²) < 4.78 is 5.15. The van der Waals surface area contributed by atoms with Gasteiger partial charge in [-0.05, 0) is 50.1 Å². The SMILES string of the molecule is CC(C)OC(=O)NC(CNC(=O)c1ccc(Cl)cc1)Cc1ccccc1. The topological polar surface area (TPSA) is 67.4 Å². The smallest absolute Gasteiger partial charge is 0.407 e. The Morgan fingerprint density at radius 2 is 1.69 bits per heavy atom. The van der Waals surface area contributed by atoms with Crippen LogP contribution in [0.1, 0.15) is 29.8 Å². The van der Waals surface area contributed by atoms with Crippen LogP contribution in [0.4, 0.5) is 4.79 Å². The van der Waals surface area contributed by atoms with Gasteiger partial charge in [0, 0.05) is 17.1 Å². The highest BCUT2D eigenvalue weighted by Crippen LogP contribution is 2.09. The van der Waals surface area contributed by atoms with Crippen molar-refractivity contribution in [1.82, 2.24) is 10.6 Å². The number of benzene rings is 2. The summed E-state index contributed by atoms with van der Waals surface area (Å²) in [7, 11) is 0. The lowest BCUT2D eigenvalue weighted by molar-refractivity contribution is 0.0938. The van der Waals surface area contributed by atoms with Crippen LogP contribution in [0.25, 0.3) is 0 Å². The molecule has 2 rings (SSSR count). The Hall–Kier alpha value is -2.53. The first-order valence-electron chi connectivity index (χ1n) is 8.49. The summed E-state index contributed by atoms with van der Waals surface area (Å²) in [6, 6.07) is 16.1. The lowest BCUT2D eigenvalue weighted by Gasteiger charge is -2.20. The van der Waals surface area contributed by atoms with E-state index in [0.29, 0.717) is 17.0 Å². The molecular formula is C20H23ClN2O3. The third-order valence-electron chi connectivity index (χ3n) is 3.61. The molecule has 2 amide bonds. The largest absolute Gasteiger partial charge is 0.447 e. The van der Waals surface area contributed by atoms with Crippen molar-refractivity contribution in [2.24, 2.45) is 0 Å². The average Bonchev–Trinajstić information content (AvgIpc) is 2.60. The Bertz CT molecular complexity index is 718. The maximum absolute atomic E-state index is 12.3. The van der Waals surface area contributed by atoms with Gasteiger partial charge in [-0.3, -0.25) is 4.79 Å². The number of alkyl carbamates (subject to hydrolysis) is 1. The summed E-state index contributed by atoms with van der Waals surface area (Å²) in [5.74, 6) is -0.223. The fourth-order valence-corrected chi connectivity index (χ4v) is 2.53. The summed E-state index contributed by atoms with van der Waals surface area (Å²) in [6.45, 7) is 3.85. The lowest BCUT2D eigenvalue weighted by atomic mass is 10.1. The molecule has 2 N–H and O–H groups in total. The van der Waals surface area contributed by atoms with Crippen molar-refractivity contribution in [3.05, 3.63) is 70.7 Å². The van der Waals surface area contributed by atoms with Crippen molar-refractivity contribution in [3.8, 4) is 0 Å². The van der Waals surface area contributed by atoms with Gasteiger partial charge in [0.05, 0.1) is 12.1 Å². The molecule has 26 heavy (non-hydrogen) atoms. The van der Waals surface area contributed by atoms with E-state index in [4.69, 9.17) is 16.3 Å². The minimum Gasteiger partial charge on any atom is -0.447 e. The normalized spacial score (nSPS) is 11.7. The number of nitrogens with one attached hydrogen (secondary N) is 2. The maximum Gasteiger partial charge on any atom is 0.407 e. The minimum atomic E-state index is -0.498. The number of amides is 2. The van der Waals surface area contributed by atoms with Crippen LogP contribution >= 0.6 is 11.6 Å². The molecule has 0 radical (unpaired) electrons. The molecule has 6 heteroatoms. The van der Waals surface area contributed by atoms with Gasteiger partial charge in [-0.25, -0.2) is 4.79 Å². The first-order valence-corrected chi connectivity index (χ1v) is 8.86. The van der Waals surface area contributed by atoms with E-state index in [9.17, 15) is 9.59 Å². The second kappa shape index (κ2) is 9.82. The van der Waals surface area contributed by atoms with Crippen molar-refractivity contribution < 1.29 is 14.3 Å². The number of hydrogen-bond donors (Lipinski definition) is 2. The summed E-state index contributed by atoms with van der Waals surface area (Å²) in [5.41, 5.74) is 1.57. The zero-order chi connectivity index (χ0) is 18.9. The van der Waals surface area contributed by atoms with Gasteiger partial charge in [-0.2, -0.15) is 0 Å². The lowest BCUT2D eigenvalue weighted by Crippen LogP contribution is -2.45. The molecule has 0 fully saturated rings. The molecule has 0 saturated heterocycles. The van der Waals surface area contributed by atoms with Crippen LogP contribution in [0.15, 0.2) is 54.6 Å². The zero-order valence-corrected chi connectivity index (χ0v) is 15.6. The first-order chi connectivity index (χ1) is 12.4. The highest BCUT2D eigenvalue weighted by atomic mass is 35.5. The van der Waals surface area contributed by atoms with Crippen molar-refractivity contribution >= 4 is 23.6 Å². The summed E-state index contributed by atoms with van der Waals surface area (Å²) in [6.07, 6.45) is -0.132. The van der Waals surface area contributed by atoms with E-state index < -0.39 is 6.09 Å². The molecule has 1 atom stereocenters. The van der Waals surface area contributed by atoms with E-state index in [2.05, 4.69) is 10.6 Å². The van der Waals surface area contributed by atoms with E-state index in [0.717, 1.165) is 5.56 Å². The van der Waals surface area contributed by atoms with Crippen molar-refractivity contribution in [1.29, 1.82) is 0 Å². The van der Waals surface area contributed by atoms with Gasteiger partial charge in [-0.15, -0.1) is 0 Å². The Morgan fingerprint density at radius 1 is 1.04 bits per heavy atom. The molecule has 1 unspecified atom stereocenters. The predicted molar refractivity (Wildman–Crippen MR) is 102 cm³/mol. The van der Waals surface area contributed by atoms with Crippen LogP contribution in [0.3, 0.4) is 0 Å². The van der Waals surface area contributed by atoms with Crippen LogP contribution in [-0.2, 0) is 11.2 Å². The van der Waals surface area contributed by atoms with Gasteiger partial charge in [0.1, 0.15) is 0 Å². The summed E-state index contributed by atoms with van der Waals surface area (Å²) >= 11 is 5.84. The predicted octanol–water partition coefficient (Wildman–Crippen LogP) is 3.82. The Kier molecular flexibility index (Phi) is 7.48. The number of rotatable bonds is 7. The number of carbonyl (C=O) groups is 2. The van der Waals surface area contributed by atoms with Crippen molar-refractivity contribution in [2.75, 3.05) is 6.54 Å². The standard InChI is InChI=1S/C20H23ClN2O3/c1-14(2)26-20(25)23-18(12-15-6-4-3-5-7-15)13-22-19(24)16-8-10-17(21)11-9-16/h3-11,14,18H,12-13H2,1-2H3,(H,22,24)(H,23,25). The molecule has 5 nitrogen and oxygen atoms in total. The summed E-state index contributed by atoms with van der Waals surface area (Å²) in [4.78, 5) is 24.2. The van der Waals surface area contributed by atoms with Crippen molar-refractivity contribution in [2.45, 2.75) is 32.4 Å². The molecule has 0 heterocycles. The molecule has 2 aromatic rings. The molecule has 0 saturated carbocycles. The second-order valence-corrected chi connectivity index (χ2v) is 6.64. The van der Waals surface area contributed by atoms with E-state index >= 15 is 0 Å². The molecule has 0 bridgehead atoms. The van der Waals surface area contributed by atoms with Gasteiger partial charge in [-0.1, -0.05) is 41.9 Å². The molecule has 0 aliphatic carbocycles. The third-order valence-corrected chi connectivity index (χ3v) is 3.86. The van der Waals surface area contributed by atoms with Crippen LogP contribution in [-0.4, -0.2) is 30.7 Å². The van der Waals surface area contributed by atoms with Gasteiger partial charge in [0.25, 0.3) is 5.91 Å². The second-order valence-electron chi connectivity index (χ2n) is 6.20. The molecule has 0 aromatic heterocycles. The highest BCUT2D eigenvalue weighted by molar-refractivity contribution is 6.30. The fraction of sp³-hybridized carbons (Fsp3) is 0.300. The fourth-order valence-electron chi connectivity index (χ4n) is 2.41. The molecule has 2 aromatic carbocycles. The number of halogens is 1. The number of hydrogen-bond acceptors (Lipinski definition) is 3. The van der Waals surface area contributed by atoms with E-state index in [-0.39, 0.29) is 24.6 Å². The van der Waals surface area contributed by atoms with Gasteiger partial charge < -0.3 is 15.4 Å². The Balaban J connectivity index is 1.99. The van der Waals surface area contributed by atoms with E-state index in [1.165, 1.54) is 0 Å². The van der Waals surface area contributed by atoms with E-state index in [1.54, 1.807) is 38.1 Å². The molecule has 0 spiro atoms. The van der Waals surface area contributed by atoms with Crippen LogP contribution in [0.5, 0.6) is 0 Å². The van der Waals surface area contributed by atoms with Crippen LogP contribution in [0.2, 0.25) is 5.02 Å².